The van der Waals surface area contributed by atoms with E-state index in [0.717, 1.165) is 0 Å². The van der Waals surface area contributed by atoms with Crippen LogP contribution in [0.4, 0.5) is 13.2 Å². The Hall–Kier alpha value is -1.90. The van der Waals surface area contributed by atoms with Crippen LogP contribution in [0, 0.1) is 6.92 Å². The molecule has 0 spiro atoms. The van der Waals surface area contributed by atoms with Crippen LogP contribution >= 0.6 is 0 Å². The average molecular weight is 301 g/mol. The van der Waals surface area contributed by atoms with Gasteiger partial charge in [0.05, 0.1) is 12.2 Å². The number of imidazole rings is 1. The Bertz CT molecular complexity index is 700. The van der Waals surface area contributed by atoms with Crippen LogP contribution in [0.2, 0.25) is 0 Å². The molecule has 114 valence electrons. The summed E-state index contributed by atoms with van der Waals surface area (Å²) >= 11 is 0. The van der Waals surface area contributed by atoms with Crippen LogP contribution < -0.4 is 0 Å². The molecular formula is C12H14F3N5O. The fourth-order valence-electron chi connectivity index (χ4n) is 2.59. The number of halogens is 3. The molecule has 9 heteroatoms. The van der Waals surface area contributed by atoms with Gasteiger partial charge in [-0.3, -0.25) is 0 Å². The summed E-state index contributed by atoms with van der Waals surface area (Å²) in [5.74, 6) is 0.722. The monoisotopic (exact) mass is 301 g/mol. The van der Waals surface area contributed by atoms with Crippen LogP contribution in [0.5, 0.6) is 0 Å². The molecule has 0 aliphatic carbocycles. The maximum absolute atomic E-state index is 13.1. The molecule has 2 atom stereocenters. The summed E-state index contributed by atoms with van der Waals surface area (Å²) in [6.45, 7) is 4.68. The molecule has 0 amide bonds. The molecule has 1 unspecified atom stereocenters. The molecular weight excluding hydrogens is 287 g/mol. The lowest BCUT2D eigenvalue weighted by atomic mass is 10.0. The highest BCUT2D eigenvalue weighted by molar-refractivity contribution is 5.52. The highest BCUT2D eigenvalue weighted by Crippen LogP contribution is 2.41. The van der Waals surface area contributed by atoms with Crippen LogP contribution in [0.25, 0.3) is 11.5 Å². The van der Waals surface area contributed by atoms with Crippen molar-refractivity contribution in [1.29, 1.82) is 0 Å². The van der Waals surface area contributed by atoms with E-state index in [9.17, 15) is 18.3 Å². The van der Waals surface area contributed by atoms with E-state index >= 15 is 0 Å². The smallest absolute Gasteiger partial charge is 0.374 e. The van der Waals surface area contributed by atoms with E-state index in [4.69, 9.17) is 0 Å². The summed E-state index contributed by atoms with van der Waals surface area (Å²) < 4.78 is 42.4. The third-order valence-electron chi connectivity index (χ3n) is 3.84. The number of nitrogens with zero attached hydrogens (tertiary/aromatic N) is 5. The first kappa shape index (κ1) is 14.1. The fourth-order valence-corrected chi connectivity index (χ4v) is 2.59. The number of rotatable bonds is 1. The number of fused-ring (bicyclic) bond motifs is 3. The highest BCUT2D eigenvalue weighted by Gasteiger charge is 2.55. The van der Waals surface area contributed by atoms with E-state index in [1.807, 2.05) is 4.57 Å². The van der Waals surface area contributed by atoms with Crippen molar-refractivity contribution in [2.75, 3.05) is 0 Å². The van der Waals surface area contributed by atoms with Crippen molar-refractivity contribution in [3.8, 4) is 11.5 Å². The van der Waals surface area contributed by atoms with Gasteiger partial charge in [0.25, 0.3) is 0 Å². The highest BCUT2D eigenvalue weighted by atomic mass is 19.4. The van der Waals surface area contributed by atoms with E-state index in [1.165, 1.54) is 10.8 Å². The standard InChI is InChI=1S/C12H14F3N5O/c1-6-5-19-7(2)17-18-9(19)8-4-16-10(20(6)8)11(3,21)12(13,14)15/h4,6,21H,5H2,1-3H3/t6-,11?/m0/s1. The van der Waals surface area contributed by atoms with Gasteiger partial charge in [0.2, 0.25) is 5.60 Å². The van der Waals surface area contributed by atoms with Gasteiger partial charge < -0.3 is 14.2 Å². The third-order valence-corrected chi connectivity index (χ3v) is 3.84. The first-order chi connectivity index (χ1) is 9.64. The summed E-state index contributed by atoms with van der Waals surface area (Å²) in [7, 11) is 0. The SMILES string of the molecule is Cc1nnc2n1C[C@H](C)n1c-2cnc1C(C)(O)C(F)(F)F. The van der Waals surface area contributed by atoms with Gasteiger partial charge in [-0.25, -0.2) is 4.98 Å². The van der Waals surface area contributed by atoms with Gasteiger partial charge in [0, 0.05) is 6.54 Å². The van der Waals surface area contributed by atoms with Gasteiger partial charge >= 0.3 is 6.18 Å². The molecule has 1 aliphatic rings. The zero-order valence-electron chi connectivity index (χ0n) is 11.7. The second-order valence-corrected chi connectivity index (χ2v) is 5.44. The van der Waals surface area contributed by atoms with Crippen LogP contribution in [0.1, 0.15) is 31.5 Å². The molecule has 3 heterocycles. The molecule has 1 aliphatic heterocycles. The summed E-state index contributed by atoms with van der Waals surface area (Å²) in [6, 6.07) is -0.298. The van der Waals surface area contributed by atoms with Crippen LogP contribution in [0.15, 0.2) is 6.20 Å². The molecule has 0 bridgehead atoms. The summed E-state index contributed by atoms with van der Waals surface area (Å²) in [4.78, 5) is 3.81. The zero-order valence-corrected chi connectivity index (χ0v) is 11.7. The quantitative estimate of drug-likeness (QED) is 0.872. The van der Waals surface area contributed by atoms with Crippen molar-refractivity contribution in [3.63, 3.8) is 0 Å². The number of aromatic nitrogens is 5. The van der Waals surface area contributed by atoms with E-state index in [2.05, 4.69) is 15.2 Å². The molecule has 21 heavy (non-hydrogen) atoms. The van der Waals surface area contributed by atoms with Gasteiger partial charge in [0.15, 0.2) is 11.6 Å². The van der Waals surface area contributed by atoms with Crippen molar-refractivity contribution in [3.05, 3.63) is 17.8 Å². The molecule has 0 saturated carbocycles. The van der Waals surface area contributed by atoms with E-state index in [-0.39, 0.29) is 6.04 Å². The number of hydrogen-bond acceptors (Lipinski definition) is 4. The Labute approximate surface area is 118 Å². The molecule has 0 radical (unpaired) electrons. The Balaban J connectivity index is 2.21. The Morgan fingerprint density at radius 1 is 1.33 bits per heavy atom. The predicted octanol–water partition coefficient (Wildman–Crippen LogP) is 1.79. The number of aryl methyl sites for hydroxylation is 1. The van der Waals surface area contributed by atoms with Crippen molar-refractivity contribution in [2.45, 2.75) is 45.1 Å². The van der Waals surface area contributed by atoms with Gasteiger partial charge in [0.1, 0.15) is 11.5 Å². The third kappa shape index (κ3) is 1.80. The van der Waals surface area contributed by atoms with Crippen molar-refractivity contribution < 1.29 is 18.3 Å². The average Bonchev–Trinajstić information content (AvgIpc) is 2.93. The first-order valence-corrected chi connectivity index (χ1v) is 6.41. The second kappa shape index (κ2) is 4.06. The second-order valence-electron chi connectivity index (χ2n) is 5.44. The van der Waals surface area contributed by atoms with E-state index in [0.29, 0.717) is 30.8 Å². The lowest BCUT2D eigenvalue weighted by Crippen LogP contribution is -2.42. The summed E-state index contributed by atoms with van der Waals surface area (Å²) in [5, 5.41) is 17.8. The van der Waals surface area contributed by atoms with Gasteiger partial charge in [-0.1, -0.05) is 0 Å². The molecule has 6 nitrogen and oxygen atoms in total. The summed E-state index contributed by atoms with van der Waals surface area (Å²) in [5.41, 5.74) is -2.59. The van der Waals surface area contributed by atoms with E-state index in [1.54, 1.807) is 13.8 Å². The van der Waals surface area contributed by atoms with Crippen molar-refractivity contribution >= 4 is 0 Å². The van der Waals surface area contributed by atoms with E-state index < -0.39 is 17.6 Å². The summed E-state index contributed by atoms with van der Waals surface area (Å²) in [6.07, 6.45) is -3.51. The normalized spacial score (nSPS) is 20.8. The number of hydrogen-bond donors (Lipinski definition) is 1. The Morgan fingerprint density at radius 3 is 2.62 bits per heavy atom. The molecule has 2 aromatic rings. The molecule has 0 aromatic carbocycles. The number of alkyl halides is 3. The van der Waals surface area contributed by atoms with Crippen molar-refractivity contribution in [2.24, 2.45) is 0 Å². The van der Waals surface area contributed by atoms with Gasteiger partial charge in [-0.2, -0.15) is 13.2 Å². The molecule has 1 N–H and O–H groups in total. The maximum Gasteiger partial charge on any atom is 0.424 e. The number of aliphatic hydroxyl groups is 1. The maximum atomic E-state index is 13.1. The first-order valence-electron chi connectivity index (χ1n) is 6.41. The van der Waals surface area contributed by atoms with Crippen molar-refractivity contribution in [1.82, 2.24) is 24.3 Å². The lowest BCUT2D eigenvalue weighted by molar-refractivity contribution is -0.262. The Morgan fingerprint density at radius 2 is 2.00 bits per heavy atom. The zero-order chi connectivity index (χ0) is 15.6. The molecule has 2 aromatic heterocycles. The van der Waals surface area contributed by atoms with Gasteiger partial charge in [-0.05, 0) is 20.8 Å². The van der Waals surface area contributed by atoms with Crippen LogP contribution in [-0.4, -0.2) is 35.6 Å². The van der Waals surface area contributed by atoms with Crippen LogP contribution in [0.3, 0.4) is 0 Å². The topological polar surface area (TPSA) is 68.8 Å². The predicted molar refractivity (Wildman–Crippen MR) is 66.3 cm³/mol. The largest absolute Gasteiger partial charge is 0.424 e. The van der Waals surface area contributed by atoms with Crippen LogP contribution in [-0.2, 0) is 12.1 Å². The molecule has 0 saturated heterocycles. The fraction of sp³-hybridized carbons (Fsp3) is 0.583. The molecule has 3 rings (SSSR count). The molecule has 0 fully saturated rings. The minimum absolute atomic E-state index is 0.298. The van der Waals surface area contributed by atoms with Gasteiger partial charge in [-0.15, -0.1) is 10.2 Å². The minimum Gasteiger partial charge on any atom is -0.374 e. The minimum atomic E-state index is -4.81. The lowest BCUT2D eigenvalue weighted by Gasteiger charge is -2.31. The Kier molecular flexibility index (Phi) is 2.72.